The summed E-state index contributed by atoms with van der Waals surface area (Å²) in [5, 5.41) is 3.77. The Morgan fingerprint density at radius 2 is 2.11 bits per heavy atom. The van der Waals surface area contributed by atoms with Gasteiger partial charge in [-0.05, 0) is 46.5 Å². The lowest BCUT2D eigenvalue weighted by Gasteiger charge is -2.23. The van der Waals surface area contributed by atoms with Crippen molar-refractivity contribution in [2.45, 2.75) is 38.1 Å². The molecule has 0 radical (unpaired) electrons. The van der Waals surface area contributed by atoms with Crippen LogP contribution in [0.25, 0.3) is 11.2 Å². The minimum Gasteiger partial charge on any atom is -0.365 e. The summed E-state index contributed by atoms with van der Waals surface area (Å²) in [4.78, 5) is 13.0. The van der Waals surface area contributed by atoms with Crippen molar-refractivity contribution in [1.82, 2.24) is 19.3 Å². The van der Waals surface area contributed by atoms with E-state index in [1.54, 1.807) is 6.33 Å². The molecule has 1 atom stereocenters. The summed E-state index contributed by atoms with van der Waals surface area (Å²) in [7, 11) is 0. The van der Waals surface area contributed by atoms with Gasteiger partial charge in [-0.1, -0.05) is 19.3 Å². The molecule has 102 valence electrons. The molecule has 1 aliphatic carbocycles. The zero-order chi connectivity index (χ0) is 13.2. The minimum atomic E-state index is 0.280. The van der Waals surface area contributed by atoms with Gasteiger partial charge in [-0.2, -0.15) is 9.97 Å². The highest BCUT2D eigenvalue weighted by Crippen LogP contribution is 2.31. The molecular formula is C11H14ClIN5P. The van der Waals surface area contributed by atoms with Crippen LogP contribution in [-0.2, 0) is 0 Å². The van der Waals surface area contributed by atoms with E-state index in [0.29, 0.717) is 12.4 Å². The fraction of sp³-hybridized carbons (Fsp3) is 0.545. The highest BCUT2D eigenvalue weighted by Gasteiger charge is 2.17. The third-order valence-electron chi connectivity index (χ3n) is 3.41. The van der Waals surface area contributed by atoms with E-state index in [0.717, 1.165) is 17.0 Å². The SMILES string of the molecule is Clc1nc(NC2CCCCC2)c2ncn(PI)c2n1. The second-order valence-electron chi connectivity index (χ2n) is 4.69. The summed E-state index contributed by atoms with van der Waals surface area (Å²) in [6.07, 6.45) is 8.64. The van der Waals surface area contributed by atoms with Gasteiger partial charge in [0.25, 0.3) is 0 Å². The average Bonchev–Trinajstić information content (AvgIpc) is 2.83. The molecule has 0 saturated heterocycles. The van der Waals surface area contributed by atoms with Crippen molar-refractivity contribution in [3.63, 3.8) is 0 Å². The van der Waals surface area contributed by atoms with Gasteiger partial charge in [-0.3, -0.25) is 4.34 Å². The second-order valence-corrected chi connectivity index (χ2v) is 7.13. The Bertz CT molecular complexity index is 584. The lowest BCUT2D eigenvalue weighted by Crippen LogP contribution is -2.23. The molecule has 8 heteroatoms. The molecule has 0 amide bonds. The van der Waals surface area contributed by atoms with E-state index in [1.807, 2.05) is 4.34 Å². The summed E-state index contributed by atoms with van der Waals surface area (Å²) in [6, 6.07) is 0.482. The third-order valence-corrected chi connectivity index (χ3v) is 5.64. The van der Waals surface area contributed by atoms with Gasteiger partial charge in [0.2, 0.25) is 5.28 Å². The Morgan fingerprint density at radius 3 is 2.84 bits per heavy atom. The van der Waals surface area contributed by atoms with Crippen LogP contribution in [0, 0.1) is 0 Å². The number of halogens is 2. The first kappa shape index (κ1) is 13.8. The van der Waals surface area contributed by atoms with Crippen molar-refractivity contribution in [2.75, 3.05) is 5.32 Å². The van der Waals surface area contributed by atoms with E-state index < -0.39 is 0 Å². The zero-order valence-corrected chi connectivity index (χ0v) is 14.1. The summed E-state index contributed by atoms with van der Waals surface area (Å²) in [5.74, 6) is 0.773. The Morgan fingerprint density at radius 1 is 1.32 bits per heavy atom. The number of nitrogens with zero attached hydrogens (tertiary/aromatic N) is 4. The standard InChI is InChI=1S/C11H14ClIN5P/c12-11-16-9(15-7-4-2-1-3-5-7)8-10(17-11)18(19-13)6-14-8/h6-7,19H,1-5H2,(H,15,16,17). The van der Waals surface area contributed by atoms with Gasteiger partial charge in [0.05, 0.1) is 6.37 Å². The molecule has 1 saturated carbocycles. The number of hydrogen-bond acceptors (Lipinski definition) is 4. The first-order valence-corrected chi connectivity index (χ1v) is 10.8. The maximum atomic E-state index is 6.02. The van der Waals surface area contributed by atoms with Crippen LogP contribution in [0.4, 0.5) is 5.82 Å². The molecule has 2 aromatic heterocycles. The van der Waals surface area contributed by atoms with Gasteiger partial charge >= 0.3 is 0 Å². The smallest absolute Gasteiger partial charge is 0.226 e. The molecule has 1 fully saturated rings. The predicted octanol–water partition coefficient (Wildman–Crippen LogP) is 4.02. The summed E-state index contributed by atoms with van der Waals surface area (Å²) >= 11 is 8.33. The number of aromatic nitrogens is 4. The molecule has 2 aromatic rings. The number of fused-ring (bicyclic) bond motifs is 1. The van der Waals surface area contributed by atoms with Gasteiger partial charge in [0, 0.05) is 6.04 Å². The van der Waals surface area contributed by atoms with Crippen LogP contribution in [0.1, 0.15) is 32.1 Å². The van der Waals surface area contributed by atoms with Gasteiger partial charge in [-0.15, -0.1) is 0 Å². The molecule has 0 aliphatic heterocycles. The molecule has 3 rings (SSSR count). The molecule has 5 nitrogen and oxygen atoms in total. The van der Waals surface area contributed by atoms with E-state index in [4.69, 9.17) is 11.6 Å². The van der Waals surface area contributed by atoms with Crippen LogP contribution in [0.2, 0.25) is 5.28 Å². The first-order valence-electron chi connectivity index (χ1n) is 6.31. The van der Waals surface area contributed by atoms with Gasteiger partial charge < -0.3 is 5.32 Å². The molecule has 1 N–H and O–H groups in total. The number of nitrogens with one attached hydrogen (secondary N) is 1. The minimum absolute atomic E-state index is 0.280. The lowest BCUT2D eigenvalue weighted by molar-refractivity contribution is 0.462. The molecular weight excluding hydrogens is 395 g/mol. The monoisotopic (exact) mass is 409 g/mol. The topological polar surface area (TPSA) is 55.6 Å². The second kappa shape index (κ2) is 6.06. The van der Waals surface area contributed by atoms with E-state index in [-0.39, 0.29) is 5.28 Å². The lowest BCUT2D eigenvalue weighted by atomic mass is 9.95. The predicted molar refractivity (Wildman–Crippen MR) is 88.6 cm³/mol. The van der Waals surface area contributed by atoms with Crippen LogP contribution in [0.3, 0.4) is 0 Å². The maximum Gasteiger partial charge on any atom is 0.226 e. The van der Waals surface area contributed by atoms with Crippen molar-refractivity contribution in [3.8, 4) is 0 Å². The fourth-order valence-electron chi connectivity index (χ4n) is 2.48. The van der Waals surface area contributed by atoms with Crippen LogP contribution < -0.4 is 5.32 Å². The highest BCUT2D eigenvalue weighted by atomic mass is 127. The highest BCUT2D eigenvalue weighted by molar-refractivity contribution is 14.2. The van der Waals surface area contributed by atoms with Crippen LogP contribution in [0.15, 0.2) is 6.33 Å². The van der Waals surface area contributed by atoms with Crippen LogP contribution >= 0.6 is 40.0 Å². The number of rotatable bonds is 3. The maximum absolute atomic E-state index is 6.02. The first-order chi connectivity index (χ1) is 9.28. The summed E-state index contributed by atoms with van der Waals surface area (Å²) in [5.41, 5.74) is 1.63. The molecule has 1 unspecified atom stereocenters. The van der Waals surface area contributed by atoms with Crippen molar-refractivity contribution in [2.24, 2.45) is 0 Å². The molecule has 2 heterocycles. The van der Waals surface area contributed by atoms with Crippen LogP contribution in [0.5, 0.6) is 0 Å². The Labute approximate surface area is 131 Å². The van der Waals surface area contributed by atoms with E-state index >= 15 is 0 Å². The van der Waals surface area contributed by atoms with Gasteiger partial charge in [-0.25, -0.2) is 4.98 Å². The Balaban J connectivity index is 1.95. The van der Waals surface area contributed by atoms with E-state index in [1.165, 1.54) is 32.1 Å². The number of imidazole rings is 1. The van der Waals surface area contributed by atoms with Crippen molar-refractivity contribution in [3.05, 3.63) is 11.6 Å². The molecule has 0 aromatic carbocycles. The molecule has 1 aliphatic rings. The normalized spacial score (nSPS) is 17.6. The Hall–Kier alpha value is -0.200. The van der Waals surface area contributed by atoms with Gasteiger partial charge in [0.15, 0.2) is 17.0 Å². The quantitative estimate of drug-likeness (QED) is 0.473. The number of hydrogen-bond donors (Lipinski definition) is 1. The third kappa shape index (κ3) is 2.95. The zero-order valence-electron chi connectivity index (χ0n) is 10.2. The van der Waals surface area contributed by atoms with Crippen molar-refractivity contribution >= 4 is 57.0 Å². The van der Waals surface area contributed by atoms with E-state index in [9.17, 15) is 0 Å². The molecule has 19 heavy (non-hydrogen) atoms. The Kier molecular flexibility index (Phi) is 4.39. The summed E-state index contributed by atoms with van der Waals surface area (Å²) in [6.45, 7) is 0. The number of anilines is 1. The fourth-order valence-corrected chi connectivity index (χ4v) is 4.04. The van der Waals surface area contributed by atoms with Crippen molar-refractivity contribution < 1.29 is 0 Å². The van der Waals surface area contributed by atoms with Gasteiger partial charge in [0.1, 0.15) is 6.33 Å². The van der Waals surface area contributed by atoms with E-state index in [2.05, 4.69) is 42.3 Å². The molecule has 0 spiro atoms. The largest absolute Gasteiger partial charge is 0.365 e. The summed E-state index contributed by atoms with van der Waals surface area (Å²) < 4.78 is 2.00. The molecule has 0 bridgehead atoms. The van der Waals surface area contributed by atoms with Crippen molar-refractivity contribution in [1.29, 1.82) is 0 Å². The average molecular weight is 410 g/mol. The van der Waals surface area contributed by atoms with Crippen LogP contribution in [-0.4, -0.2) is 25.3 Å².